The Labute approximate surface area is 136 Å². The predicted octanol–water partition coefficient (Wildman–Crippen LogP) is 1.56. The van der Waals surface area contributed by atoms with Gasteiger partial charge in [0.05, 0.1) is 20.1 Å². The van der Waals surface area contributed by atoms with Gasteiger partial charge in [0.25, 0.3) is 5.91 Å². The zero-order valence-electron chi connectivity index (χ0n) is 13.8. The maximum absolute atomic E-state index is 11.7. The third-order valence-corrected chi connectivity index (χ3v) is 3.94. The lowest BCUT2D eigenvalue weighted by Gasteiger charge is -2.10. The van der Waals surface area contributed by atoms with E-state index in [0.717, 1.165) is 12.0 Å². The summed E-state index contributed by atoms with van der Waals surface area (Å²) >= 11 is 0. The van der Waals surface area contributed by atoms with Crippen molar-refractivity contribution < 1.29 is 23.8 Å². The zero-order valence-corrected chi connectivity index (χ0v) is 13.8. The lowest BCUT2D eigenvalue weighted by atomic mass is 10.1. The summed E-state index contributed by atoms with van der Waals surface area (Å²) in [7, 11) is 3.17. The average Bonchev–Trinajstić information content (AvgIpc) is 3.29. The van der Waals surface area contributed by atoms with Crippen LogP contribution in [-0.2, 0) is 20.7 Å². The number of hydrogen-bond acceptors (Lipinski definition) is 5. The maximum atomic E-state index is 11.7. The number of amides is 1. The molecule has 1 aliphatic rings. The largest absolute Gasteiger partial charge is 0.493 e. The molecule has 0 aromatic heterocycles. The Morgan fingerprint density at radius 2 is 1.91 bits per heavy atom. The van der Waals surface area contributed by atoms with E-state index >= 15 is 0 Å². The lowest BCUT2D eigenvalue weighted by Crippen LogP contribution is -2.30. The fraction of sp³-hybridized carbons (Fsp3) is 0.529. The van der Waals surface area contributed by atoms with Gasteiger partial charge in [0.15, 0.2) is 18.1 Å². The smallest absolute Gasteiger partial charge is 0.309 e. The molecule has 1 aliphatic carbocycles. The molecule has 0 heterocycles. The van der Waals surface area contributed by atoms with Crippen LogP contribution < -0.4 is 14.8 Å². The van der Waals surface area contributed by atoms with E-state index in [1.807, 2.05) is 25.1 Å². The highest BCUT2D eigenvalue weighted by atomic mass is 16.5. The molecule has 0 unspecified atom stereocenters. The Bertz CT molecular complexity index is 572. The van der Waals surface area contributed by atoms with E-state index in [0.29, 0.717) is 30.4 Å². The van der Waals surface area contributed by atoms with E-state index in [4.69, 9.17) is 14.2 Å². The van der Waals surface area contributed by atoms with Crippen LogP contribution in [0.4, 0.5) is 0 Å². The molecule has 1 amide bonds. The first-order valence-electron chi connectivity index (χ1n) is 7.69. The number of nitrogens with one attached hydrogen (secondary N) is 1. The van der Waals surface area contributed by atoms with E-state index in [2.05, 4.69) is 5.32 Å². The maximum Gasteiger partial charge on any atom is 0.309 e. The monoisotopic (exact) mass is 321 g/mol. The molecule has 0 saturated heterocycles. The first-order valence-corrected chi connectivity index (χ1v) is 7.69. The van der Waals surface area contributed by atoms with Gasteiger partial charge in [-0.05, 0) is 36.5 Å². The second-order valence-corrected chi connectivity index (χ2v) is 5.72. The van der Waals surface area contributed by atoms with Gasteiger partial charge in [-0.25, -0.2) is 0 Å². The van der Waals surface area contributed by atoms with Crippen molar-refractivity contribution in [1.82, 2.24) is 5.32 Å². The van der Waals surface area contributed by atoms with E-state index in [1.54, 1.807) is 14.2 Å². The molecule has 6 nitrogen and oxygen atoms in total. The molecule has 1 saturated carbocycles. The number of esters is 1. The first-order chi connectivity index (χ1) is 11.0. The van der Waals surface area contributed by atoms with Crippen molar-refractivity contribution in [3.63, 3.8) is 0 Å². The van der Waals surface area contributed by atoms with Crippen LogP contribution in [0, 0.1) is 11.8 Å². The SMILES string of the molecule is COc1ccc(CCNC(=O)COC(=O)[C@H]2C[C@@H]2C)cc1OC. The van der Waals surface area contributed by atoms with Crippen LogP contribution in [0.2, 0.25) is 0 Å². The Kier molecular flexibility index (Phi) is 5.84. The molecule has 2 atom stereocenters. The van der Waals surface area contributed by atoms with Gasteiger partial charge in [0.1, 0.15) is 0 Å². The van der Waals surface area contributed by atoms with Gasteiger partial charge in [-0.2, -0.15) is 0 Å². The van der Waals surface area contributed by atoms with Gasteiger partial charge in [0, 0.05) is 6.54 Å². The fourth-order valence-electron chi connectivity index (χ4n) is 2.33. The van der Waals surface area contributed by atoms with E-state index < -0.39 is 0 Å². The fourth-order valence-corrected chi connectivity index (χ4v) is 2.33. The van der Waals surface area contributed by atoms with Crippen LogP contribution in [0.15, 0.2) is 18.2 Å². The van der Waals surface area contributed by atoms with Crippen molar-refractivity contribution in [3.8, 4) is 11.5 Å². The Morgan fingerprint density at radius 3 is 2.52 bits per heavy atom. The third kappa shape index (κ3) is 4.87. The van der Waals surface area contributed by atoms with E-state index in [-0.39, 0.29) is 24.4 Å². The summed E-state index contributed by atoms with van der Waals surface area (Å²) in [5.41, 5.74) is 1.02. The number of rotatable bonds is 8. The summed E-state index contributed by atoms with van der Waals surface area (Å²) in [6.07, 6.45) is 1.51. The number of benzene rings is 1. The molecule has 0 bridgehead atoms. The summed E-state index contributed by atoms with van der Waals surface area (Å²) in [6.45, 7) is 2.24. The van der Waals surface area contributed by atoms with Crippen molar-refractivity contribution >= 4 is 11.9 Å². The molecule has 0 radical (unpaired) electrons. The van der Waals surface area contributed by atoms with Gasteiger partial charge in [0.2, 0.25) is 0 Å². The molecule has 23 heavy (non-hydrogen) atoms. The average molecular weight is 321 g/mol. The van der Waals surface area contributed by atoms with Crippen LogP contribution in [0.1, 0.15) is 18.9 Å². The minimum absolute atomic E-state index is 0.0189. The molecule has 1 aromatic rings. The van der Waals surface area contributed by atoms with Crippen molar-refractivity contribution in [2.45, 2.75) is 19.8 Å². The molecule has 0 spiro atoms. The van der Waals surface area contributed by atoms with Crippen LogP contribution in [0.25, 0.3) is 0 Å². The van der Waals surface area contributed by atoms with Gasteiger partial charge in [-0.15, -0.1) is 0 Å². The highest BCUT2D eigenvalue weighted by Crippen LogP contribution is 2.38. The minimum Gasteiger partial charge on any atom is -0.493 e. The first kappa shape index (κ1) is 17.1. The number of ether oxygens (including phenoxy) is 3. The number of hydrogen-bond donors (Lipinski definition) is 1. The summed E-state index contributed by atoms with van der Waals surface area (Å²) in [5.74, 6) is 1.13. The van der Waals surface area contributed by atoms with Crippen LogP contribution >= 0.6 is 0 Å². The molecule has 2 rings (SSSR count). The Balaban J connectivity index is 1.69. The Morgan fingerprint density at radius 1 is 1.22 bits per heavy atom. The number of carbonyl (C=O) groups excluding carboxylic acids is 2. The van der Waals surface area contributed by atoms with Gasteiger partial charge in [-0.3, -0.25) is 9.59 Å². The topological polar surface area (TPSA) is 73.9 Å². The Hall–Kier alpha value is -2.24. The zero-order chi connectivity index (χ0) is 16.8. The normalized spacial score (nSPS) is 18.9. The molecule has 0 aliphatic heterocycles. The van der Waals surface area contributed by atoms with Crippen molar-refractivity contribution in [2.24, 2.45) is 11.8 Å². The molecular weight excluding hydrogens is 298 g/mol. The minimum atomic E-state index is -0.285. The van der Waals surface area contributed by atoms with E-state index in [1.165, 1.54) is 0 Å². The summed E-state index contributed by atoms with van der Waals surface area (Å²) < 4.78 is 15.4. The summed E-state index contributed by atoms with van der Waals surface area (Å²) in [4.78, 5) is 23.2. The number of methoxy groups -OCH3 is 2. The lowest BCUT2D eigenvalue weighted by molar-refractivity contribution is -0.150. The van der Waals surface area contributed by atoms with Crippen LogP contribution in [-0.4, -0.2) is 39.2 Å². The summed E-state index contributed by atoms with van der Waals surface area (Å²) in [5, 5.41) is 2.73. The van der Waals surface area contributed by atoms with Crippen molar-refractivity contribution in [2.75, 3.05) is 27.4 Å². The van der Waals surface area contributed by atoms with Gasteiger partial charge >= 0.3 is 5.97 Å². The van der Waals surface area contributed by atoms with E-state index in [9.17, 15) is 9.59 Å². The molecule has 1 N–H and O–H groups in total. The molecule has 1 fully saturated rings. The highest BCUT2D eigenvalue weighted by Gasteiger charge is 2.40. The predicted molar refractivity (Wildman–Crippen MR) is 84.5 cm³/mol. The molecule has 1 aromatic carbocycles. The number of carbonyl (C=O) groups is 2. The van der Waals surface area contributed by atoms with Crippen LogP contribution in [0.3, 0.4) is 0 Å². The van der Waals surface area contributed by atoms with Crippen molar-refractivity contribution in [3.05, 3.63) is 23.8 Å². The van der Waals surface area contributed by atoms with Gasteiger partial charge < -0.3 is 19.5 Å². The molecule has 6 heteroatoms. The second kappa shape index (κ2) is 7.85. The quantitative estimate of drug-likeness (QED) is 0.736. The summed E-state index contributed by atoms with van der Waals surface area (Å²) in [6, 6.07) is 5.62. The standard InChI is InChI=1S/C17H23NO5/c1-11-8-13(11)17(20)23-10-16(19)18-7-6-12-4-5-14(21-2)15(9-12)22-3/h4-5,9,11,13H,6-8,10H2,1-3H3,(H,18,19)/t11-,13-/m0/s1. The second-order valence-electron chi connectivity index (χ2n) is 5.72. The van der Waals surface area contributed by atoms with Gasteiger partial charge in [-0.1, -0.05) is 13.0 Å². The third-order valence-electron chi connectivity index (χ3n) is 3.94. The molecule has 126 valence electrons. The molecular formula is C17H23NO5. The highest BCUT2D eigenvalue weighted by molar-refractivity contribution is 5.82. The van der Waals surface area contributed by atoms with Crippen molar-refractivity contribution in [1.29, 1.82) is 0 Å². The van der Waals surface area contributed by atoms with Crippen LogP contribution in [0.5, 0.6) is 11.5 Å².